The van der Waals surface area contributed by atoms with Gasteiger partial charge in [-0.15, -0.1) is 0 Å². The topological polar surface area (TPSA) is 81.2 Å². The first-order chi connectivity index (χ1) is 13.8. The predicted molar refractivity (Wildman–Crippen MR) is 104 cm³/mol. The first-order valence-electron chi connectivity index (χ1n) is 9.55. The van der Waals surface area contributed by atoms with Crippen LogP contribution < -0.4 is 10.1 Å². The Labute approximate surface area is 172 Å². The van der Waals surface area contributed by atoms with Crippen molar-refractivity contribution in [2.75, 3.05) is 6.61 Å². The van der Waals surface area contributed by atoms with Crippen molar-refractivity contribution in [3.05, 3.63) is 52.8 Å². The van der Waals surface area contributed by atoms with Crippen molar-refractivity contribution in [2.45, 2.75) is 44.6 Å². The van der Waals surface area contributed by atoms with Gasteiger partial charge in [0.25, 0.3) is 5.91 Å². The number of ether oxygens (including phenoxy) is 1. The van der Waals surface area contributed by atoms with E-state index in [0.29, 0.717) is 12.1 Å². The fourth-order valence-corrected chi connectivity index (χ4v) is 4.60. The number of hydrogen-bond donors (Lipinski definition) is 1. The number of nitrogens with one attached hydrogen (secondary N) is 1. The smallest absolute Gasteiger partial charge is 0.258 e. The lowest BCUT2D eigenvalue weighted by atomic mass is 9.38. The van der Waals surface area contributed by atoms with Crippen LogP contribution in [0.3, 0.4) is 0 Å². The molecule has 2 bridgehead atoms. The van der Waals surface area contributed by atoms with Crippen LogP contribution in [-0.2, 0) is 11.2 Å². The lowest BCUT2D eigenvalue weighted by Gasteiger charge is -2.70. The fraction of sp³-hybridized carbons (Fsp3) is 0.429. The number of aryl methyl sites for hydroxylation is 1. The highest BCUT2D eigenvalue weighted by Crippen LogP contribution is 2.69. The van der Waals surface area contributed by atoms with Crippen LogP contribution in [0.15, 0.2) is 30.6 Å². The molecule has 2 aromatic rings. The second-order valence-electron chi connectivity index (χ2n) is 8.07. The number of ketones is 1. The molecule has 1 aromatic heterocycles. The summed E-state index contributed by atoms with van der Waals surface area (Å²) in [6, 6.07) is 4.04. The summed E-state index contributed by atoms with van der Waals surface area (Å²) >= 11 is 5.62. The van der Waals surface area contributed by atoms with Gasteiger partial charge in [-0.2, -0.15) is 0 Å². The zero-order valence-corrected chi connectivity index (χ0v) is 16.8. The quantitative estimate of drug-likeness (QED) is 0.664. The highest BCUT2D eigenvalue weighted by molar-refractivity contribution is 6.30. The number of carbonyl (C=O) groups excluding carboxylic acids is 2. The third kappa shape index (κ3) is 3.96. The molecule has 1 heterocycles. The van der Waals surface area contributed by atoms with Gasteiger partial charge in [0.2, 0.25) is 0 Å². The summed E-state index contributed by atoms with van der Waals surface area (Å²) in [4.78, 5) is 33.1. The van der Waals surface area contributed by atoms with Gasteiger partial charge in [0.05, 0.1) is 16.9 Å². The zero-order chi connectivity index (χ0) is 20.6. The molecule has 0 aliphatic heterocycles. The average molecular weight is 418 g/mol. The number of Topliss-reactive ketones (excluding diaryl/α,β-unsaturated/α-hetero) is 1. The van der Waals surface area contributed by atoms with Gasteiger partial charge in [-0.05, 0) is 43.2 Å². The Bertz CT molecular complexity index is 944. The Kier molecular flexibility index (Phi) is 5.02. The molecule has 152 valence electrons. The maximum atomic E-state index is 13.4. The van der Waals surface area contributed by atoms with Crippen molar-refractivity contribution in [1.29, 1.82) is 0 Å². The Hall–Kier alpha value is -2.54. The van der Waals surface area contributed by atoms with Gasteiger partial charge in [0.1, 0.15) is 17.3 Å². The molecule has 1 N–H and O–H groups in total. The van der Waals surface area contributed by atoms with E-state index >= 15 is 0 Å². The molecule has 3 fully saturated rings. The molecule has 3 aliphatic rings. The van der Waals surface area contributed by atoms with Gasteiger partial charge in [0.15, 0.2) is 12.4 Å². The normalized spacial score (nSPS) is 24.2. The number of hydrogen-bond acceptors (Lipinski definition) is 5. The molecule has 0 unspecified atom stereocenters. The maximum Gasteiger partial charge on any atom is 0.258 e. The van der Waals surface area contributed by atoms with Crippen molar-refractivity contribution < 1.29 is 18.7 Å². The Balaban J connectivity index is 1.23. The van der Waals surface area contributed by atoms with E-state index in [2.05, 4.69) is 15.3 Å². The highest BCUT2D eigenvalue weighted by atomic mass is 35.5. The van der Waals surface area contributed by atoms with Crippen molar-refractivity contribution in [3.63, 3.8) is 0 Å². The minimum atomic E-state index is -0.593. The first-order valence-corrected chi connectivity index (χ1v) is 9.93. The molecule has 0 atom stereocenters. The minimum Gasteiger partial charge on any atom is -0.484 e. The number of halogens is 2. The van der Waals surface area contributed by atoms with Gasteiger partial charge in [0, 0.05) is 24.2 Å². The van der Waals surface area contributed by atoms with E-state index in [9.17, 15) is 14.0 Å². The summed E-state index contributed by atoms with van der Waals surface area (Å²) in [5, 5.41) is 2.99. The number of benzene rings is 1. The average Bonchev–Trinajstić information content (AvgIpc) is 2.66. The summed E-state index contributed by atoms with van der Waals surface area (Å²) < 4.78 is 18.7. The van der Waals surface area contributed by atoms with Crippen LogP contribution >= 0.6 is 11.6 Å². The van der Waals surface area contributed by atoms with Crippen LogP contribution in [-0.4, -0.2) is 33.8 Å². The van der Waals surface area contributed by atoms with Gasteiger partial charge in [-0.25, -0.2) is 9.37 Å². The minimum absolute atomic E-state index is 0.00259. The first kappa shape index (κ1) is 19.8. The molecule has 1 aromatic carbocycles. The molecule has 0 saturated heterocycles. The van der Waals surface area contributed by atoms with Gasteiger partial charge in [-0.1, -0.05) is 18.5 Å². The van der Waals surface area contributed by atoms with E-state index < -0.39 is 5.82 Å². The van der Waals surface area contributed by atoms with Crippen LogP contribution in [0, 0.1) is 11.2 Å². The SMILES string of the molecule is CCc1cnc(C(=O)CC23CC(NC(=O)COc4ccc(Cl)c(F)c4)(C2)C3)cn1. The second-order valence-corrected chi connectivity index (χ2v) is 8.48. The molecule has 1 amide bonds. The van der Waals surface area contributed by atoms with Crippen LogP contribution in [0.1, 0.15) is 48.8 Å². The summed E-state index contributed by atoms with van der Waals surface area (Å²) in [5.41, 5.74) is 0.963. The third-order valence-corrected chi connectivity index (χ3v) is 6.00. The van der Waals surface area contributed by atoms with Crippen molar-refractivity contribution >= 4 is 23.3 Å². The fourth-order valence-electron chi connectivity index (χ4n) is 4.48. The standard InChI is InChI=1S/C21H21ClFN3O3/c1-2-13-7-25-17(8-24-13)18(27)6-20-10-21(11-20,12-20)26-19(28)9-29-14-3-4-15(22)16(23)5-14/h3-5,7-8H,2,6,9-12H2,1H3,(H,26,28). The highest BCUT2D eigenvalue weighted by Gasteiger charge is 2.68. The van der Waals surface area contributed by atoms with Gasteiger partial charge in [-0.3, -0.25) is 14.6 Å². The van der Waals surface area contributed by atoms with Crippen LogP contribution in [0.25, 0.3) is 0 Å². The van der Waals surface area contributed by atoms with E-state index in [-0.39, 0.29) is 40.0 Å². The van der Waals surface area contributed by atoms with Crippen molar-refractivity contribution in [1.82, 2.24) is 15.3 Å². The molecule has 0 spiro atoms. The largest absolute Gasteiger partial charge is 0.484 e. The van der Waals surface area contributed by atoms with Crippen molar-refractivity contribution in [3.8, 4) is 5.75 Å². The van der Waals surface area contributed by atoms with Crippen molar-refractivity contribution in [2.24, 2.45) is 5.41 Å². The Morgan fingerprint density at radius 1 is 1.24 bits per heavy atom. The van der Waals surface area contributed by atoms with Gasteiger partial charge < -0.3 is 10.1 Å². The number of rotatable bonds is 8. The van der Waals surface area contributed by atoms with E-state index in [1.54, 1.807) is 12.4 Å². The molecular formula is C21H21ClFN3O3. The molecule has 0 radical (unpaired) electrons. The van der Waals surface area contributed by atoms with Crippen LogP contribution in [0.4, 0.5) is 4.39 Å². The molecular weight excluding hydrogens is 397 g/mol. The molecule has 29 heavy (non-hydrogen) atoms. The lowest BCUT2D eigenvalue weighted by molar-refractivity contribution is -0.164. The lowest BCUT2D eigenvalue weighted by Crippen LogP contribution is -2.75. The summed E-state index contributed by atoms with van der Waals surface area (Å²) in [5.74, 6) is -0.615. The Morgan fingerprint density at radius 2 is 2.00 bits per heavy atom. The van der Waals surface area contributed by atoms with E-state index in [4.69, 9.17) is 16.3 Å². The summed E-state index contributed by atoms with van der Waals surface area (Å²) in [6.45, 7) is 1.79. The molecule has 8 heteroatoms. The molecule has 3 aliphatic carbocycles. The summed E-state index contributed by atoms with van der Waals surface area (Å²) in [6.07, 6.45) is 6.70. The third-order valence-electron chi connectivity index (χ3n) is 5.69. The van der Waals surface area contributed by atoms with E-state index in [0.717, 1.165) is 37.4 Å². The van der Waals surface area contributed by atoms with Gasteiger partial charge >= 0.3 is 0 Å². The molecule has 3 saturated carbocycles. The number of carbonyl (C=O) groups is 2. The van der Waals surface area contributed by atoms with E-state index in [1.165, 1.54) is 12.1 Å². The zero-order valence-electron chi connectivity index (χ0n) is 16.0. The number of amides is 1. The monoisotopic (exact) mass is 417 g/mol. The second kappa shape index (κ2) is 7.37. The number of nitrogens with zero attached hydrogens (tertiary/aromatic N) is 2. The number of aromatic nitrogens is 2. The van der Waals surface area contributed by atoms with Crippen LogP contribution in [0.2, 0.25) is 5.02 Å². The van der Waals surface area contributed by atoms with Crippen LogP contribution in [0.5, 0.6) is 5.75 Å². The molecule has 5 rings (SSSR count). The summed E-state index contributed by atoms with van der Waals surface area (Å²) in [7, 11) is 0. The van der Waals surface area contributed by atoms with E-state index in [1.807, 2.05) is 6.92 Å². The Morgan fingerprint density at radius 3 is 2.62 bits per heavy atom. The molecule has 6 nitrogen and oxygen atoms in total. The predicted octanol–water partition coefficient (Wildman–Crippen LogP) is 3.52. The maximum absolute atomic E-state index is 13.4.